The molecule has 3 fully saturated rings. The molecule has 2 N–H and O–H groups in total. The lowest BCUT2D eigenvalue weighted by Gasteiger charge is -2.50. The van der Waals surface area contributed by atoms with Crippen LogP contribution in [0.2, 0.25) is 10.0 Å². The molecule has 0 bridgehead atoms. The Morgan fingerprint density at radius 2 is 1.61 bits per heavy atom. The molecular formula is C42H34Cl2IN3O8. The van der Waals surface area contributed by atoms with Crippen LogP contribution in [0.15, 0.2) is 90.5 Å². The maximum absolute atomic E-state index is 15.5. The van der Waals surface area contributed by atoms with Crippen LogP contribution in [0.4, 0.5) is 11.4 Å². The highest BCUT2D eigenvalue weighted by Gasteiger charge is 2.70. The second-order valence-corrected chi connectivity index (χ2v) is 16.4. The highest BCUT2D eigenvalue weighted by Crippen LogP contribution is 2.64. The van der Waals surface area contributed by atoms with E-state index >= 15 is 9.59 Å². The van der Waals surface area contributed by atoms with Crippen LogP contribution >= 0.6 is 45.8 Å². The van der Waals surface area contributed by atoms with Gasteiger partial charge in [-0.15, -0.1) is 0 Å². The number of fused-ring (bicyclic) bond motifs is 4. The Hall–Kier alpha value is -4.92. The number of ketones is 1. The summed E-state index contributed by atoms with van der Waals surface area (Å²) in [6, 6.07) is 21.4. The average Bonchev–Trinajstić information content (AvgIpc) is 3.57. The number of halogens is 3. The minimum atomic E-state index is -1.59. The summed E-state index contributed by atoms with van der Waals surface area (Å²) in [6.45, 7) is 1.44. The number of amides is 4. The molecule has 11 nitrogen and oxygen atoms in total. The zero-order chi connectivity index (χ0) is 39.8. The molecule has 2 saturated heterocycles. The number of hydrogen-bond donors (Lipinski definition) is 2. The second kappa shape index (κ2) is 14.2. The molecule has 4 aromatic rings. The summed E-state index contributed by atoms with van der Waals surface area (Å²) in [5.74, 6) is -5.55. The Balaban J connectivity index is 1.33. The third kappa shape index (κ3) is 5.70. The molecule has 4 amide bonds. The molecule has 56 heavy (non-hydrogen) atoms. The fraction of sp³-hybridized carbons (Fsp3) is 0.262. The molecule has 8 rings (SSSR count). The number of methoxy groups -OCH3 is 2. The number of nitrogens with zero attached hydrogens (tertiary/aromatic N) is 2. The molecule has 4 aliphatic rings. The van der Waals surface area contributed by atoms with Crippen LogP contribution in [-0.2, 0) is 24.6 Å². The van der Waals surface area contributed by atoms with Crippen molar-refractivity contribution in [3.05, 3.63) is 121 Å². The van der Waals surface area contributed by atoms with E-state index < -0.39 is 52.7 Å². The van der Waals surface area contributed by atoms with E-state index in [1.807, 2.05) is 28.7 Å². The van der Waals surface area contributed by atoms with E-state index in [1.54, 1.807) is 72.8 Å². The molecule has 2 heterocycles. The zero-order valence-electron chi connectivity index (χ0n) is 30.2. The molecule has 0 aromatic heterocycles. The van der Waals surface area contributed by atoms with E-state index in [9.17, 15) is 19.5 Å². The van der Waals surface area contributed by atoms with Gasteiger partial charge in [-0.05, 0) is 126 Å². The van der Waals surface area contributed by atoms with Crippen molar-refractivity contribution < 1.29 is 38.6 Å². The molecule has 14 heteroatoms. The van der Waals surface area contributed by atoms with Crippen molar-refractivity contribution in [1.82, 2.24) is 5.01 Å². The molecule has 4 aromatic carbocycles. The molecule has 6 unspecified atom stereocenters. The van der Waals surface area contributed by atoms with Crippen molar-refractivity contribution in [2.45, 2.75) is 31.1 Å². The van der Waals surface area contributed by atoms with Gasteiger partial charge in [-0.2, -0.15) is 5.01 Å². The monoisotopic (exact) mass is 905 g/mol. The van der Waals surface area contributed by atoms with Crippen LogP contribution in [0.5, 0.6) is 17.2 Å². The van der Waals surface area contributed by atoms with Gasteiger partial charge >= 0.3 is 0 Å². The van der Waals surface area contributed by atoms with Gasteiger partial charge in [0.2, 0.25) is 11.8 Å². The maximum Gasteiger partial charge on any atom is 0.260 e. The number of rotatable bonds is 8. The molecule has 2 aliphatic heterocycles. The minimum Gasteiger partial charge on any atom is -0.504 e. The van der Waals surface area contributed by atoms with E-state index in [1.165, 1.54) is 32.1 Å². The van der Waals surface area contributed by atoms with Crippen molar-refractivity contribution in [3.63, 3.8) is 0 Å². The topological polar surface area (TPSA) is 143 Å². The molecular weight excluding hydrogens is 872 g/mol. The van der Waals surface area contributed by atoms with Gasteiger partial charge in [-0.1, -0.05) is 47.0 Å². The Bertz CT molecular complexity index is 2390. The third-order valence-electron chi connectivity index (χ3n) is 11.7. The predicted octanol–water partition coefficient (Wildman–Crippen LogP) is 7.71. The Morgan fingerprint density at radius 3 is 2.25 bits per heavy atom. The van der Waals surface area contributed by atoms with Crippen molar-refractivity contribution >= 4 is 86.6 Å². The van der Waals surface area contributed by atoms with Gasteiger partial charge in [0.15, 0.2) is 17.3 Å². The molecule has 0 spiro atoms. The maximum atomic E-state index is 15.5. The van der Waals surface area contributed by atoms with Gasteiger partial charge in [-0.3, -0.25) is 34.3 Å². The normalized spacial score (nSPS) is 25.4. The van der Waals surface area contributed by atoms with E-state index in [-0.39, 0.29) is 46.7 Å². The number of hydrogen-bond acceptors (Lipinski definition) is 9. The molecule has 286 valence electrons. The van der Waals surface area contributed by atoms with Gasteiger partial charge in [0.1, 0.15) is 5.75 Å². The van der Waals surface area contributed by atoms with E-state index in [0.29, 0.717) is 36.7 Å². The summed E-state index contributed by atoms with van der Waals surface area (Å²) in [5, 5.41) is 12.5. The van der Waals surface area contributed by atoms with Crippen LogP contribution in [0.3, 0.4) is 0 Å². The highest BCUT2D eigenvalue weighted by molar-refractivity contribution is 14.1. The Labute approximate surface area is 345 Å². The first kappa shape index (κ1) is 38.0. The molecule has 0 radical (unpaired) electrons. The summed E-state index contributed by atoms with van der Waals surface area (Å²) in [4.78, 5) is 72.5. The second-order valence-electron chi connectivity index (χ2n) is 14.4. The SMILES string of the molecule is COc1ccc(C23C(=O)N(Nc4ccc(Cl)cc4Cl)C(=O)C2CC2C(=CCC4C(=O)N(c5ccc(C(C)=O)cc5)C(=O)C42)C3c2cc(I)c(O)c(OC)c2)cc1. The van der Waals surface area contributed by atoms with Crippen LogP contribution < -0.4 is 19.8 Å². The number of ether oxygens (including phenoxy) is 2. The largest absolute Gasteiger partial charge is 0.504 e. The first-order chi connectivity index (χ1) is 26.8. The number of phenolic OH excluding ortho intramolecular Hbond substituents is 1. The lowest BCUT2D eigenvalue weighted by molar-refractivity contribution is -0.138. The third-order valence-corrected chi connectivity index (χ3v) is 13.1. The fourth-order valence-electron chi connectivity index (χ4n) is 9.23. The number of carbonyl (C=O) groups is 5. The molecule has 2 aliphatic carbocycles. The van der Waals surface area contributed by atoms with Crippen molar-refractivity contribution in [1.29, 1.82) is 0 Å². The van der Waals surface area contributed by atoms with Crippen LogP contribution in [0.1, 0.15) is 47.2 Å². The highest BCUT2D eigenvalue weighted by atomic mass is 127. The number of anilines is 2. The lowest BCUT2D eigenvalue weighted by atomic mass is 9.49. The number of nitrogens with one attached hydrogen (secondary N) is 1. The number of Topliss-reactive ketones (excluding diaryl/α,β-unsaturated/α-hetero) is 1. The van der Waals surface area contributed by atoms with Gasteiger partial charge in [-0.25, -0.2) is 0 Å². The lowest BCUT2D eigenvalue weighted by Crippen LogP contribution is -2.53. The number of imide groups is 2. The van der Waals surface area contributed by atoms with Gasteiger partial charge in [0, 0.05) is 16.5 Å². The molecule has 6 atom stereocenters. The van der Waals surface area contributed by atoms with Gasteiger partial charge in [0.25, 0.3) is 11.8 Å². The van der Waals surface area contributed by atoms with Crippen LogP contribution in [0, 0.1) is 27.2 Å². The summed E-state index contributed by atoms with van der Waals surface area (Å²) in [7, 11) is 2.96. The van der Waals surface area contributed by atoms with E-state index in [0.717, 1.165) is 10.6 Å². The Morgan fingerprint density at radius 1 is 0.893 bits per heavy atom. The number of benzene rings is 4. The van der Waals surface area contributed by atoms with Crippen molar-refractivity contribution in [2.24, 2.45) is 23.7 Å². The first-order valence-corrected chi connectivity index (χ1v) is 19.6. The van der Waals surface area contributed by atoms with Crippen LogP contribution in [0.25, 0.3) is 0 Å². The minimum absolute atomic E-state index is 0.0646. The average molecular weight is 907 g/mol. The van der Waals surface area contributed by atoms with Gasteiger partial charge < -0.3 is 14.6 Å². The standard InChI is InChI=1S/C42H34Cl2IN3O8/c1-20(49)21-4-9-25(10-5-21)47-38(51)28-14-13-27-29(35(28)40(47)53)19-30-39(52)48(46-33-15-8-24(43)18-31(33)44)41(54)42(30,23-6-11-26(55-2)12-7-23)36(27)22-16-32(45)37(50)34(17-22)56-3/h4-13,15-18,28-30,35-36,46,50H,14,19H2,1-3H3. The number of hydrazine groups is 1. The summed E-state index contributed by atoms with van der Waals surface area (Å²) in [6.07, 6.45) is 2.22. The zero-order valence-corrected chi connectivity index (χ0v) is 33.9. The summed E-state index contributed by atoms with van der Waals surface area (Å²) < 4.78 is 11.5. The van der Waals surface area contributed by atoms with E-state index in [4.69, 9.17) is 32.7 Å². The summed E-state index contributed by atoms with van der Waals surface area (Å²) >= 11 is 14.7. The smallest absolute Gasteiger partial charge is 0.260 e. The Kier molecular flexibility index (Phi) is 9.65. The summed E-state index contributed by atoms with van der Waals surface area (Å²) in [5.41, 5.74) is 4.29. The van der Waals surface area contributed by atoms with Crippen LogP contribution in [-0.4, -0.2) is 53.7 Å². The molecule has 1 saturated carbocycles. The van der Waals surface area contributed by atoms with Crippen molar-refractivity contribution in [2.75, 3.05) is 24.5 Å². The number of carbonyl (C=O) groups excluding carboxylic acids is 5. The predicted molar refractivity (Wildman–Crippen MR) is 217 cm³/mol. The van der Waals surface area contributed by atoms with E-state index in [2.05, 4.69) is 5.43 Å². The van der Waals surface area contributed by atoms with Gasteiger partial charge in [0.05, 0.1) is 57.4 Å². The number of phenols is 1. The first-order valence-electron chi connectivity index (χ1n) is 17.8. The quantitative estimate of drug-likeness (QED) is 0.0787. The van der Waals surface area contributed by atoms with Crippen molar-refractivity contribution in [3.8, 4) is 17.2 Å². The fourth-order valence-corrected chi connectivity index (χ4v) is 10.3. The number of aromatic hydroxyl groups is 1. The number of allylic oxidation sites excluding steroid dienone is 2.